The van der Waals surface area contributed by atoms with Gasteiger partial charge < -0.3 is 28.7 Å². The number of aryl methyl sites for hydroxylation is 1. The predicted octanol–water partition coefficient (Wildman–Crippen LogP) is 11.3. The summed E-state index contributed by atoms with van der Waals surface area (Å²) in [4.78, 5) is 30.4. The molecule has 0 N–H and O–H groups in total. The molecule has 0 spiro atoms. The molecular weight excluding hydrogens is 725 g/mol. The minimum Gasteiger partial charge on any atom is -0.457 e. The topological polar surface area (TPSA) is 77.5 Å². The van der Waals surface area contributed by atoms with Gasteiger partial charge in [-0.15, -0.1) is 0 Å². The summed E-state index contributed by atoms with van der Waals surface area (Å²) in [7, 11) is 2.15. The predicted molar refractivity (Wildman–Crippen MR) is 233 cm³/mol. The molecule has 0 bridgehead atoms. The molecule has 5 aromatic carbocycles. The molecule has 0 atom stereocenters. The third-order valence-electron chi connectivity index (χ3n) is 10.3. The Morgan fingerprint density at radius 3 is 1.33 bits per heavy atom. The number of ether oxygens (including phenoxy) is 4. The quantitative estimate of drug-likeness (QED) is 0.0355. The Hall–Kier alpha value is -6.12. The number of piperazine rings is 1. The number of rotatable bonds is 19. The highest BCUT2D eigenvalue weighted by Crippen LogP contribution is 2.27. The van der Waals surface area contributed by atoms with Gasteiger partial charge in [-0.25, -0.2) is 9.59 Å². The van der Waals surface area contributed by atoms with Gasteiger partial charge in [0.05, 0.1) is 11.1 Å². The first-order chi connectivity index (χ1) is 28.2. The Bertz CT molecular complexity index is 2100. The van der Waals surface area contributed by atoms with Gasteiger partial charge in [-0.05, 0) is 135 Å². The molecule has 6 rings (SSSR count). The fourth-order valence-electron chi connectivity index (χ4n) is 6.69. The van der Waals surface area contributed by atoms with Crippen LogP contribution < -0.4 is 23.8 Å². The lowest BCUT2D eigenvalue weighted by Gasteiger charge is -2.34. The summed E-state index contributed by atoms with van der Waals surface area (Å²) < 4.78 is 23.2. The number of hydrogen-bond donors (Lipinski definition) is 0. The van der Waals surface area contributed by atoms with Crippen LogP contribution in [0.4, 0.5) is 5.69 Å². The maximum absolute atomic E-state index is 12.9. The highest BCUT2D eigenvalue weighted by atomic mass is 16.5. The number of anilines is 1. The largest absolute Gasteiger partial charge is 0.457 e. The van der Waals surface area contributed by atoms with Gasteiger partial charge in [0.25, 0.3) is 0 Å². The second-order valence-corrected chi connectivity index (χ2v) is 14.8. The Labute approximate surface area is 343 Å². The molecule has 1 saturated heterocycles. The zero-order valence-corrected chi connectivity index (χ0v) is 33.8. The maximum atomic E-state index is 12.9. The Kier molecular flexibility index (Phi) is 14.9. The zero-order chi connectivity index (χ0) is 40.7. The summed E-state index contributed by atoms with van der Waals surface area (Å²) in [6, 6.07) is 36.4. The molecule has 0 radical (unpaired) electrons. The van der Waals surface area contributed by atoms with Crippen LogP contribution in [0.5, 0.6) is 23.0 Å². The van der Waals surface area contributed by atoms with Crippen molar-refractivity contribution in [1.82, 2.24) is 4.90 Å². The van der Waals surface area contributed by atoms with Gasteiger partial charge in [-0.2, -0.15) is 0 Å². The number of hydrogen-bond acceptors (Lipinski definition) is 8. The van der Waals surface area contributed by atoms with Crippen LogP contribution in [-0.4, -0.2) is 50.1 Å². The van der Waals surface area contributed by atoms with E-state index in [9.17, 15) is 9.59 Å². The molecule has 1 heterocycles. The van der Waals surface area contributed by atoms with E-state index in [1.807, 2.05) is 36.4 Å². The lowest BCUT2D eigenvalue weighted by Crippen LogP contribution is -2.44. The summed E-state index contributed by atoms with van der Waals surface area (Å²) in [5.41, 5.74) is 4.78. The molecule has 300 valence electrons. The van der Waals surface area contributed by atoms with Gasteiger partial charge in [0.15, 0.2) is 0 Å². The molecule has 8 heteroatoms. The molecule has 5 aromatic rings. The SMILES string of the molecule is C=C(Oc1ccc(C(=O)Oc2ccc(C(=C)Oc3ccc(N4CCN(C)CC4)cc3)cc2)cc1)c1ccc(OC(=O)c2ccc(CCCCCCCCC)cc2)cc1. The first-order valence-electron chi connectivity index (χ1n) is 20.4. The second-order valence-electron chi connectivity index (χ2n) is 14.8. The number of carbonyl (C=O) groups is 2. The fraction of sp³-hybridized carbons (Fsp3) is 0.280. The van der Waals surface area contributed by atoms with E-state index < -0.39 is 11.9 Å². The summed E-state index contributed by atoms with van der Waals surface area (Å²) in [5.74, 6) is 2.01. The molecule has 0 aromatic heterocycles. The van der Waals surface area contributed by atoms with E-state index in [0.29, 0.717) is 51.2 Å². The van der Waals surface area contributed by atoms with Crippen molar-refractivity contribution in [3.8, 4) is 23.0 Å². The van der Waals surface area contributed by atoms with E-state index in [1.54, 1.807) is 72.8 Å². The van der Waals surface area contributed by atoms with Crippen molar-refractivity contribution in [1.29, 1.82) is 0 Å². The Morgan fingerprint density at radius 2 is 0.862 bits per heavy atom. The third kappa shape index (κ3) is 12.2. The molecule has 1 aliphatic heterocycles. The van der Waals surface area contributed by atoms with Crippen LogP contribution in [0.15, 0.2) is 134 Å². The minimum atomic E-state index is -0.502. The van der Waals surface area contributed by atoms with E-state index in [4.69, 9.17) is 18.9 Å². The Morgan fingerprint density at radius 1 is 0.483 bits per heavy atom. The van der Waals surface area contributed by atoms with Crippen LogP contribution in [0.25, 0.3) is 11.5 Å². The van der Waals surface area contributed by atoms with Crippen LogP contribution >= 0.6 is 0 Å². The lowest BCUT2D eigenvalue weighted by atomic mass is 10.0. The van der Waals surface area contributed by atoms with Gasteiger partial charge in [0.2, 0.25) is 0 Å². The minimum absolute atomic E-state index is 0.365. The van der Waals surface area contributed by atoms with Crippen LogP contribution in [0.1, 0.15) is 89.3 Å². The van der Waals surface area contributed by atoms with Crippen LogP contribution in [0.2, 0.25) is 0 Å². The average Bonchev–Trinajstić information content (AvgIpc) is 3.25. The van der Waals surface area contributed by atoms with Gasteiger partial charge in [-0.3, -0.25) is 0 Å². The monoisotopic (exact) mass is 778 g/mol. The highest BCUT2D eigenvalue weighted by Gasteiger charge is 2.15. The molecular formula is C50H54N2O6. The van der Waals surface area contributed by atoms with Crippen LogP contribution in [-0.2, 0) is 6.42 Å². The van der Waals surface area contributed by atoms with Crippen molar-refractivity contribution in [2.45, 2.75) is 58.3 Å². The van der Waals surface area contributed by atoms with Crippen LogP contribution in [0, 0.1) is 0 Å². The smallest absolute Gasteiger partial charge is 0.343 e. The number of esters is 2. The standard InChI is InChI=1S/C50H54N2O6/c1-5-6-7-8-9-10-11-12-39-13-15-42(16-14-39)49(53)57-47-25-17-40(18-26-47)37(2)55-45-29-21-43(22-30-45)50(54)58-48-27-19-41(20-28-48)38(3)56-46-31-23-44(24-32-46)52-35-33-51(4)34-36-52/h13-32H,2-3,5-12,33-36H2,1,4H3. The molecule has 0 amide bonds. The second kappa shape index (κ2) is 20.9. The normalized spacial score (nSPS) is 12.8. The van der Waals surface area contributed by atoms with Crippen molar-refractivity contribution < 1.29 is 28.5 Å². The van der Waals surface area contributed by atoms with Crippen molar-refractivity contribution in [3.05, 3.63) is 162 Å². The van der Waals surface area contributed by atoms with Crippen molar-refractivity contribution in [2.24, 2.45) is 0 Å². The molecule has 0 unspecified atom stereocenters. The summed E-state index contributed by atoms with van der Waals surface area (Å²) in [6.07, 6.45) is 9.95. The lowest BCUT2D eigenvalue weighted by molar-refractivity contribution is 0.0725. The maximum Gasteiger partial charge on any atom is 0.343 e. The van der Waals surface area contributed by atoms with Gasteiger partial charge in [-0.1, -0.05) is 70.7 Å². The summed E-state index contributed by atoms with van der Waals surface area (Å²) in [6.45, 7) is 14.5. The summed E-state index contributed by atoms with van der Waals surface area (Å²) >= 11 is 0. The average molecular weight is 779 g/mol. The van der Waals surface area contributed by atoms with E-state index in [1.165, 1.54) is 49.8 Å². The molecule has 0 saturated carbocycles. The first kappa shape index (κ1) is 41.5. The number of nitrogens with zero attached hydrogens (tertiary/aromatic N) is 2. The van der Waals surface area contributed by atoms with Gasteiger partial charge in [0.1, 0.15) is 34.5 Å². The van der Waals surface area contributed by atoms with E-state index in [2.05, 4.69) is 49.1 Å². The van der Waals surface area contributed by atoms with Crippen molar-refractivity contribution in [2.75, 3.05) is 38.1 Å². The highest BCUT2D eigenvalue weighted by molar-refractivity contribution is 5.91. The zero-order valence-electron chi connectivity index (χ0n) is 33.8. The van der Waals surface area contributed by atoms with E-state index >= 15 is 0 Å². The van der Waals surface area contributed by atoms with Crippen molar-refractivity contribution in [3.63, 3.8) is 0 Å². The number of likely N-dealkylation sites (N-methyl/N-ethyl adjacent to an activating group) is 1. The number of benzene rings is 5. The third-order valence-corrected chi connectivity index (χ3v) is 10.3. The molecule has 0 aliphatic carbocycles. The number of carbonyl (C=O) groups excluding carboxylic acids is 2. The molecule has 58 heavy (non-hydrogen) atoms. The first-order valence-corrected chi connectivity index (χ1v) is 20.4. The Balaban J connectivity index is 0.918. The van der Waals surface area contributed by atoms with Crippen LogP contribution in [0.3, 0.4) is 0 Å². The van der Waals surface area contributed by atoms with Gasteiger partial charge in [0, 0.05) is 43.0 Å². The van der Waals surface area contributed by atoms with Crippen molar-refractivity contribution >= 4 is 29.1 Å². The molecule has 1 fully saturated rings. The molecule has 8 nitrogen and oxygen atoms in total. The van der Waals surface area contributed by atoms with Gasteiger partial charge >= 0.3 is 11.9 Å². The summed E-state index contributed by atoms with van der Waals surface area (Å²) in [5, 5.41) is 0. The fourth-order valence-corrected chi connectivity index (χ4v) is 6.69. The van der Waals surface area contributed by atoms with E-state index in [0.717, 1.165) is 44.6 Å². The van der Waals surface area contributed by atoms with E-state index in [-0.39, 0.29) is 0 Å². The number of unbranched alkanes of at least 4 members (excludes halogenated alkanes) is 6. The molecule has 1 aliphatic rings.